The number of hydrogen-bond donors (Lipinski definition) is 1. The van der Waals surface area contributed by atoms with Gasteiger partial charge in [0.05, 0.1) is 5.56 Å². The van der Waals surface area contributed by atoms with E-state index < -0.39 is 0 Å². The number of benzene rings is 1. The molecular formula is C23H32N4O. The third-order valence-electron chi connectivity index (χ3n) is 5.52. The van der Waals surface area contributed by atoms with E-state index in [-0.39, 0.29) is 5.91 Å². The Morgan fingerprint density at radius 1 is 1.18 bits per heavy atom. The van der Waals surface area contributed by atoms with Gasteiger partial charge >= 0.3 is 0 Å². The van der Waals surface area contributed by atoms with Crippen molar-refractivity contribution in [3.8, 4) is 0 Å². The fourth-order valence-electron chi connectivity index (χ4n) is 3.48. The van der Waals surface area contributed by atoms with Gasteiger partial charge in [0.25, 0.3) is 5.91 Å². The number of aromatic nitrogens is 1. The largest absolute Gasteiger partial charge is 0.372 e. The Balaban J connectivity index is 1.57. The van der Waals surface area contributed by atoms with Crippen molar-refractivity contribution in [1.82, 2.24) is 4.98 Å². The molecule has 1 aromatic carbocycles. The number of unbranched alkanes of at least 4 members (excludes halogenated alkanes) is 1. The molecule has 1 saturated heterocycles. The Bertz CT molecular complexity index is 749. The van der Waals surface area contributed by atoms with Crippen LogP contribution in [0, 0.1) is 5.92 Å². The summed E-state index contributed by atoms with van der Waals surface area (Å²) >= 11 is 0. The first-order valence-electron chi connectivity index (χ1n) is 10.4. The summed E-state index contributed by atoms with van der Waals surface area (Å²) in [5.41, 5.74) is 2.61. The predicted octanol–water partition coefficient (Wildman–Crippen LogP) is 4.81. The SMILES string of the molecule is CCCCN(C)c1ccc(C(=O)Nc2ccc(N3CCC(C)CC3)cc2)cn1. The second kappa shape index (κ2) is 9.58. The fourth-order valence-corrected chi connectivity index (χ4v) is 3.48. The second-order valence-corrected chi connectivity index (χ2v) is 7.85. The number of nitrogens with one attached hydrogen (secondary N) is 1. The fraction of sp³-hybridized carbons (Fsp3) is 0.478. The van der Waals surface area contributed by atoms with Gasteiger partial charge in [-0.2, -0.15) is 0 Å². The summed E-state index contributed by atoms with van der Waals surface area (Å²) in [6, 6.07) is 11.9. The first kappa shape index (κ1) is 20.2. The minimum atomic E-state index is -0.130. The van der Waals surface area contributed by atoms with Gasteiger partial charge in [-0.3, -0.25) is 4.79 Å². The van der Waals surface area contributed by atoms with Crippen molar-refractivity contribution >= 4 is 23.1 Å². The highest BCUT2D eigenvalue weighted by Crippen LogP contribution is 2.24. The van der Waals surface area contributed by atoms with Gasteiger partial charge in [0.1, 0.15) is 5.82 Å². The molecule has 28 heavy (non-hydrogen) atoms. The van der Waals surface area contributed by atoms with Crippen LogP contribution in [0.1, 0.15) is 49.9 Å². The monoisotopic (exact) mass is 380 g/mol. The molecule has 150 valence electrons. The Hall–Kier alpha value is -2.56. The Kier molecular flexibility index (Phi) is 6.90. The number of carbonyl (C=O) groups is 1. The van der Waals surface area contributed by atoms with Crippen LogP contribution in [0.2, 0.25) is 0 Å². The molecule has 0 atom stereocenters. The standard InChI is InChI=1S/C23H32N4O/c1-4-5-14-26(3)22-11-6-19(17-24-22)23(28)25-20-7-9-21(10-8-20)27-15-12-18(2)13-16-27/h6-11,17-18H,4-5,12-16H2,1-3H3,(H,25,28). The van der Waals surface area contributed by atoms with Crippen LogP contribution in [0.3, 0.4) is 0 Å². The van der Waals surface area contributed by atoms with Crippen molar-refractivity contribution in [2.75, 3.05) is 41.8 Å². The van der Waals surface area contributed by atoms with Crippen molar-refractivity contribution in [3.63, 3.8) is 0 Å². The molecule has 1 fully saturated rings. The van der Waals surface area contributed by atoms with Crippen LogP contribution in [0.5, 0.6) is 0 Å². The predicted molar refractivity (Wildman–Crippen MR) is 117 cm³/mol. The van der Waals surface area contributed by atoms with Gasteiger partial charge in [0.15, 0.2) is 0 Å². The number of hydrogen-bond acceptors (Lipinski definition) is 4. The molecular weight excluding hydrogens is 348 g/mol. The highest BCUT2D eigenvalue weighted by molar-refractivity contribution is 6.04. The average molecular weight is 381 g/mol. The lowest BCUT2D eigenvalue weighted by molar-refractivity contribution is 0.102. The zero-order valence-corrected chi connectivity index (χ0v) is 17.3. The van der Waals surface area contributed by atoms with Gasteiger partial charge in [-0.25, -0.2) is 4.98 Å². The first-order valence-corrected chi connectivity index (χ1v) is 10.4. The molecule has 0 unspecified atom stereocenters. The van der Waals surface area contributed by atoms with Crippen LogP contribution in [0.25, 0.3) is 0 Å². The van der Waals surface area contributed by atoms with Gasteiger partial charge < -0.3 is 15.1 Å². The molecule has 1 aromatic heterocycles. The van der Waals surface area contributed by atoms with Crippen molar-refractivity contribution in [2.24, 2.45) is 5.92 Å². The Labute approximate surface area is 168 Å². The van der Waals surface area contributed by atoms with Crippen LogP contribution in [0.4, 0.5) is 17.2 Å². The number of piperidine rings is 1. The zero-order chi connectivity index (χ0) is 19.9. The van der Waals surface area contributed by atoms with Crippen LogP contribution < -0.4 is 15.1 Å². The van der Waals surface area contributed by atoms with E-state index in [1.165, 1.54) is 18.5 Å². The lowest BCUT2D eigenvalue weighted by Crippen LogP contribution is -2.32. The molecule has 1 aliphatic rings. The molecule has 1 N–H and O–H groups in total. The van der Waals surface area contributed by atoms with E-state index in [1.54, 1.807) is 6.20 Å². The molecule has 1 amide bonds. The number of amides is 1. The topological polar surface area (TPSA) is 48.5 Å². The highest BCUT2D eigenvalue weighted by atomic mass is 16.1. The first-order chi connectivity index (χ1) is 13.6. The van der Waals surface area contributed by atoms with Crippen molar-refractivity contribution < 1.29 is 4.79 Å². The summed E-state index contributed by atoms with van der Waals surface area (Å²) in [6.45, 7) is 7.68. The summed E-state index contributed by atoms with van der Waals surface area (Å²) in [5, 5.41) is 2.97. The van der Waals surface area contributed by atoms with Gasteiger partial charge in [-0.1, -0.05) is 20.3 Å². The summed E-state index contributed by atoms with van der Waals surface area (Å²) in [6.07, 6.45) is 6.42. The number of pyridine rings is 1. The highest BCUT2D eigenvalue weighted by Gasteiger charge is 2.16. The molecule has 0 bridgehead atoms. The van der Waals surface area contributed by atoms with E-state index in [0.29, 0.717) is 5.56 Å². The molecule has 2 aromatic rings. The molecule has 3 rings (SSSR count). The molecule has 1 aliphatic heterocycles. The second-order valence-electron chi connectivity index (χ2n) is 7.85. The number of carbonyl (C=O) groups excluding carboxylic acids is 1. The van der Waals surface area contributed by atoms with Crippen LogP contribution in [0.15, 0.2) is 42.6 Å². The maximum Gasteiger partial charge on any atom is 0.257 e. The number of anilines is 3. The summed E-state index contributed by atoms with van der Waals surface area (Å²) < 4.78 is 0. The van der Waals surface area contributed by atoms with E-state index in [9.17, 15) is 4.79 Å². The quantitative estimate of drug-likeness (QED) is 0.749. The molecule has 5 nitrogen and oxygen atoms in total. The van der Waals surface area contributed by atoms with Crippen molar-refractivity contribution in [1.29, 1.82) is 0 Å². The third kappa shape index (κ3) is 5.24. The molecule has 0 aliphatic carbocycles. The Morgan fingerprint density at radius 2 is 1.89 bits per heavy atom. The van der Waals surface area contributed by atoms with Gasteiger partial charge in [0, 0.05) is 44.3 Å². The third-order valence-corrected chi connectivity index (χ3v) is 5.52. The normalized spacial score (nSPS) is 14.8. The molecule has 0 radical (unpaired) electrons. The minimum Gasteiger partial charge on any atom is -0.372 e. The summed E-state index contributed by atoms with van der Waals surface area (Å²) in [5.74, 6) is 1.58. The maximum absolute atomic E-state index is 12.5. The van der Waals surface area contributed by atoms with Crippen molar-refractivity contribution in [2.45, 2.75) is 39.5 Å². The molecule has 0 saturated carbocycles. The Morgan fingerprint density at radius 3 is 2.50 bits per heavy atom. The minimum absolute atomic E-state index is 0.130. The zero-order valence-electron chi connectivity index (χ0n) is 17.3. The van der Waals surface area contributed by atoms with E-state index >= 15 is 0 Å². The maximum atomic E-state index is 12.5. The summed E-state index contributed by atoms with van der Waals surface area (Å²) in [4.78, 5) is 21.5. The number of rotatable bonds is 7. The molecule has 0 spiro atoms. The average Bonchev–Trinajstić information content (AvgIpc) is 2.73. The van der Waals surface area contributed by atoms with Crippen LogP contribution in [-0.2, 0) is 0 Å². The van der Waals surface area contributed by atoms with Crippen LogP contribution in [-0.4, -0.2) is 37.6 Å². The molecule has 2 heterocycles. The number of nitrogens with zero attached hydrogens (tertiary/aromatic N) is 3. The van der Waals surface area contributed by atoms with E-state index in [1.807, 2.05) is 31.3 Å². The van der Waals surface area contributed by atoms with E-state index in [0.717, 1.165) is 49.9 Å². The van der Waals surface area contributed by atoms with Crippen LogP contribution >= 0.6 is 0 Å². The van der Waals surface area contributed by atoms with E-state index in [2.05, 4.69) is 46.1 Å². The smallest absolute Gasteiger partial charge is 0.257 e. The summed E-state index contributed by atoms with van der Waals surface area (Å²) in [7, 11) is 2.03. The lowest BCUT2D eigenvalue weighted by Gasteiger charge is -2.32. The van der Waals surface area contributed by atoms with Gasteiger partial charge in [-0.05, 0) is 61.6 Å². The van der Waals surface area contributed by atoms with Gasteiger partial charge in [-0.15, -0.1) is 0 Å². The van der Waals surface area contributed by atoms with Gasteiger partial charge in [0.2, 0.25) is 0 Å². The van der Waals surface area contributed by atoms with Crippen molar-refractivity contribution in [3.05, 3.63) is 48.2 Å². The lowest BCUT2D eigenvalue weighted by atomic mass is 9.99. The molecule has 5 heteroatoms. The van der Waals surface area contributed by atoms with E-state index in [4.69, 9.17) is 0 Å².